The molecule has 0 radical (unpaired) electrons. The number of aromatic nitrogens is 2. The zero-order chi connectivity index (χ0) is 24.2. The topological polar surface area (TPSA) is 73.2 Å². The summed E-state index contributed by atoms with van der Waals surface area (Å²) >= 11 is 7.51. The lowest BCUT2D eigenvalue weighted by molar-refractivity contribution is -0.120. The molecule has 0 spiro atoms. The van der Waals surface area contributed by atoms with Crippen molar-refractivity contribution in [1.82, 2.24) is 14.9 Å². The monoisotopic (exact) mass is 493 g/mol. The van der Waals surface area contributed by atoms with Crippen molar-refractivity contribution in [2.45, 2.75) is 30.8 Å². The molecule has 3 aromatic carbocycles. The molecule has 6 nitrogen and oxygen atoms in total. The van der Waals surface area contributed by atoms with Crippen molar-refractivity contribution < 1.29 is 9.53 Å². The average Bonchev–Trinajstić information content (AvgIpc) is 2.85. The largest absolute Gasteiger partial charge is 0.495 e. The fourth-order valence-corrected chi connectivity index (χ4v) is 4.63. The molecule has 1 atom stereocenters. The fraction of sp³-hybridized carbons (Fsp3) is 0.192. The zero-order valence-electron chi connectivity index (χ0n) is 19.0. The van der Waals surface area contributed by atoms with E-state index in [9.17, 15) is 9.59 Å². The van der Waals surface area contributed by atoms with E-state index < -0.39 is 5.25 Å². The van der Waals surface area contributed by atoms with Gasteiger partial charge in [0.15, 0.2) is 5.16 Å². The fourth-order valence-electron chi connectivity index (χ4n) is 3.53. The molecule has 0 aliphatic carbocycles. The first-order valence-electron chi connectivity index (χ1n) is 10.7. The van der Waals surface area contributed by atoms with Crippen LogP contribution in [-0.2, 0) is 11.3 Å². The maximum Gasteiger partial charge on any atom is 0.266 e. The lowest BCUT2D eigenvalue weighted by atomic mass is 10.2. The molecule has 0 aliphatic rings. The summed E-state index contributed by atoms with van der Waals surface area (Å²) in [5.41, 5.74) is 2.64. The predicted octanol–water partition coefficient (Wildman–Crippen LogP) is 5.15. The Kier molecular flexibility index (Phi) is 7.24. The summed E-state index contributed by atoms with van der Waals surface area (Å²) in [5, 5.41) is 3.86. The van der Waals surface area contributed by atoms with Crippen LogP contribution in [0.2, 0.25) is 5.02 Å². The third kappa shape index (κ3) is 4.95. The third-order valence-corrected chi connectivity index (χ3v) is 6.87. The molecule has 174 valence electrons. The van der Waals surface area contributed by atoms with Gasteiger partial charge in [0.05, 0.1) is 29.0 Å². The number of methoxy groups -OCH3 is 1. The molecule has 1 aromatic heterocycles. The number of carbonyl (C=O) groups excluding carboxylic acids is 1. The first-order valence-corrected chi connectivity index (χ1v) is 12.0. The van der Waals surface area contributed by atoms with Gasteiger partial charge in [0.1, 0.15) is 5.75 Å². The van der Waals surface area contributed by atoms with Crippen molar-refractivity contribution in [2.24, 2.45) is 0 Å². The van der Waals surface area contributed by atoms with Crippen LogP contribution >= 0.6 is 23.4 Å². The number of amides is 1. The maximum atomic E-state index is 13.6. The first-order chi connectivity index (χ1) is 16.4. The Balaban J connectivity index is 1.74. The van der Waals surface area contributed by atoms with Gasteiger partial charge in [-0.3, -0.25) is 14.2 Å². The van der Waals surface area contributed by atoms with Crippen LogP contribution in [0.3, 0.4) is 0 Å². The lowest BCUT2D eigenvalue weighted by Crippen LogP contribution is -2.31. The van der Waals surface area contributed by atoms with E-state index in [0.29, 0.717) is 39.1 Å². The predicted molar refractivity (Wildman–Crippen MR) is 137 cm³/mol. The van der Waals surface area contributed by atoms with Gasteiger partial charge in [-0.05, 0) is 43.2 Å². The molecule has 1 amide bonds. The summed E-state index contributed by atoms with van der Waals surface area (Å²) in [7, 11) is 1.52. The Morgan fingerprint density at radius 3 is 2.59 bits per heavy atom. The van der Waals surface area contributed by atoms with Crippen LogP contribution in [0.4, 0.5) is 0 Å². The molecule has 4 aromatic rings. The molecule has 1 heterocycles. The smallest absolute Gasteiger partial charge is 0.266 e. The number of nitrogens with one attached hydrogen (secondary N) is 1. The van der Waals surface area contributed by atoms with Crippen LogP contribution < -0.4 is 15.6 Å². The molecule has 0 saturated carbocycles. The second-order valence-electron chi connectivity index (χ2n) is 7.79. The first kappa shape index (κ1) is 23.9. The Hall–Kier alpha value is -3.29. The summed E-state index contributed by atoms with van der Waals surface area (Å²) in [5.74, 6) is 0.292. The van der Waals surface area contributed by atoms with E-state index in [1.165, 1.54) is 23.4 Å². The summed E-state index contributed by atoms with van der Waals surface area (Å²) in [6.07, 6.45) is 0. The van der Waals surface area contributed by atoms with Gasteiger partial charge in [-0.15, -0.1) is 0 Å². The van der Waals surface area contributed by atoms with Crippen molar-refractivity contribution in [3.63, 3.8) is 0 Å². The Bertz CT molecular complexity index is 1410. The lowest BCUT2D eigenvalue weighted by Gasteiger charge is -2.19. The standard InChI is InChI=1S/C26H24ClN3O3S/c1-16-13-22(23(33-3)14-20(16)27)30-25(32)19-11-7-8-12-21(19)29-26(30)34-17(2)24(31)28-15-18-9-5-4-6-10-18/h4-14,17H,15H2,1-3H3,(H,28,31)/t17-/m0/s1. The quantitative estimate of drug-likeness (QED) is 0.284. The molecule has 4 rings (SSSR count). The second kappa shape index (κ2) is 10.3. The average molecular weight is 494 g/mol. The van der Waals surface area contributed by atoms with Crippen LogP contribution in [0.1, 0.15) is 18.1 Å². The number of hydrogen-bond donors (Lipinski definition) is 1. The minimum atomic E-state index is -0.498. The molecular formula is C26H24ClN3O3S. The number of carbonyl (C=O) groups is 1. The molecule has 0 bridgehead atoms. The molecule has 0 fully saturated rings. The van der Waals surface area contributed by atoms with Gasteiger partial charge < -0.3 is 10.1 Å². The van der Waals surface area contributed by atoms with Gasteiger partial charge in [0.25, 0.3) is 5.56 Å². The van der Waals surface area contributed by atoms with Gasteiger partial charge in [0.2, 0.25) is 5.91 Å². The number of thioether (sulfide) groups is 1. The summed E-state index contributed by atoms with van der Waals surface area (Å²) in [4.78, 5) is 31.2. The number of halogens is 1. The van der Waals surface area contributed by atoms with Crippen LogP contribution in [0.5, 0.6) is 5.75 Å². The van der Waals surface area contributed by atoms with Gasteiger partial charge in [0, 0.05) is 17.6 Å². The number of nitrogens with zero attached hydrogens (tertiary/aromatic N) is 2. The maximum absolute atomic E-state index is 13.6. The van der Waals surface area contributed by atoms with Gasteiger partial charge in [-0.1, -0.05) is 65.8 Å². The molecule has 34 heavy (non-hydrogen) atoms. The molecule has 0 aliphatic heterocycles. The highest BCUT2D eigenvalue weighted by atomic mass is 35.5. The van der Waals surface area contributed by atoms with Gasteiger partial charge in [-0.25, -0.2) is 4.98 Å². The molecule has 1 N–H and O–H groups in total. The van der Waals surface area contributed by atoms with E-state index in [-0.39, 0.29) is 11.5 Å². The normalized spacial score (nSPS) is 11.9. The number of rotatable bonds is 7. The summed E-state index contributed by atoms with van der Waals surface area (Å²) in [6.45, 7) is 4.07. The highest BCUT2D eigenvalue weighted by molar-refractivity contribution is 8.00. The van der Waals surface area contributed by atoms with E-state index in [1.807, 2.05) is 43.3 Å². The number of ether oxygens (including phenoxy) is 1. The minimum absolute atomic E-state index is 0.151. The summed E-state index contributed by atoms with van der Waals surface area (Å²) in [6, 6.07) is 20.3. The third-order valence-electron chi connectivity index (χ3n) is 5.41. The SMILES string of the molecule is COc1cc(Cl)c(C)cc1-n1c(S[C@@H](C)C(=O)NCc2ccccc2)nc2ccccc2c1=O. The number of fused-ring (bicyclic) bond motifs is 1. The minimum Gasteiger partial charge on any atom is -0.495 e. The van der Waals surface area contributed by atoms with Gasteiger partial charge in [-0.2, -0.15) is 0 Å². The van der Waals surface area contributed by atoms with Crippen molar-refractivity contribution in [2.75, 3.05) is 7.11 Å². The van der Waals surface area contributed by atoms with E-state index in [4.69, 9.17) is 21.3 Å². The van der Waals surface area contributed by atoms with E-state index in [0.717, 1.165) is 11.1 Å². The van der Waals surface area contributed by atoms with Crippen molar-refractivity contribution in [3.8, 4) is 11.4 Å². The highest BCUT2D eigenvalue weighted by Crippen LogP contribution is 2.33. The molecule has 0 saturated heterocycles. The van der Waals surface area contributed by atoms with Crippen LogP contribution in [-0.4, -0.2) is 27.8 Å². The van der Waals surface area contributed by atoms with E-state index in [2.05, 4.69) is 5.32 Å². The van der Waals surface area contributed by atoms with E-state index >= 15 is 0 Å². The van der Waals surface area contributed by atoms with E-state index in [1.54, 1.807) is 37.3 Å². The number of para-hydroxylation sites is 1. The van der Waals surface area contributed by atoms with Crippen molar-refractivity contribution in [3.05, 3.63) is 93.2 Å². The molecular weight excluding hydrogens is 470 g/mol. The Labute approximate surface area is 206 Å². The molecule has 8 heteroatoms. The number of hydrogen-bond acceptors (Lipinski definition) is 5. The number of aryl methyl sites for hydroxylation is 1. The summed E-state index contributed by atoms with van der Waals surface area (Å²) < 4.78 is 7.03. The zero-order valence-corrected chi connectivity index (χ0v) is 20.6. The van der Waals surface area contributed by atoms with Gasteiger partial charge >= 0.3 is 0 Å². The highest BCUT2D eigenvalue weighted by Gasteiger charge is 2.22. The Morgan fingerprint density at radius 1 is 1.15 bits per heavy atom. The molecule has 0 unspecified atom stereocenters. The van der Waals surface area contributed by atoms with Crippen molar-refractivity contribution in [1.29, 1.82) is 0 Å². The van der Waals surface area contributed by atoms with Crippen LogP contribution in [0.15, 0.2) is 76.7 Å². The Morgan fingerprint density at radius 2 is 1.85 bits per heavy atom. The second-order valence-corrected chi connectivity index (χ2v) is 9.50. The van der Waals surface area contributed by atoms with Crippen LogP contribution in [0, 0.1) is 6.92 Å². The number of benzene rings is 3. The van der Waals surface area contributed by atoms with Crippen molar-refractivity contribution >= 4 is 40.2 Å². The van der Waals surface area contributed by atoms with Crippen LogP contribution in [0.25, 0.3) is 16.6 Å².